The van der Waals surface area contributed by atoms with Crippen LogP contribution in [-0.4, -0.2) is 36.7 Å². The first kappa shape index (κ1) is 23.6. The maximum atomic E-state index is 13.6. The van der Waals surface area contributed by atoms with Crippen LogP contribution in [0, 0.1) is 18.7 Å². The molecule has 0 atom stereocenters. The number of halogens is 1. The van der Waals surface area contributed by atoms with E-state index < -0.39 is 34.4 Å². The van der Waals surface area contributed by atoms with Crippen molar-refractivity contribution in [3.05, 3.63) is 81.0 Å². The molecule has 36 heavy (non-hydrogen) atoms. The second kappa shape index (κ2) is 9.14. The lowest BCUT2D eigenvalue weighted by molar-refractivity contribution is 0.0843. The van der Waals surface area contributed by atoms with Gasteiger partial charge in [0.15, 0.2) is 11.4 Å². The predicted octanol–water partition coefficient (Wildman–Crippen LogP) is 1.95. The third kappa shape index (κ3) is 4.21. The van der Waals surface area contributed by atoms with E-state index in [1.807, 2.05) is 0 Å². The number of rotatable bonds is 5. The Morgan fingerprint density at radius 3 is 2.69 bits per heavy atom. The maximum Gasteiger partial charge on any atom is 0.296 e. The number of aryl methyl sites for hydroxylation is 1. The van der Waals surface area contributed by atoms with Crippen molar-refractivity contribution in [2.45, 2.75) is 51.2 Å². The zero-order valence-electron chi connectivity index (χ0n) is 19.6. The van der Waals surface area contributed by atoms with Crippen LogP contribution < -0.4 is 16.2 Å². The highest BCUT2D eigenvalue weighted by Gasteiger charge is 2.46. The molecule has 3 aliphatic rings. The number of aromatic nitrogens is 4. The van der Waals surface area contributed by atoms with Crippen LogP contribution in [0.2, 0.25) is 0 Å². The minimum absolute atomic E-state index is 0.0517. The molecule has 10 nitrogen and oxygen atoms in total. The lowest BCUT2D eigenvalue weighted by atomic mass is 9.77. The summed E-state index contributed by atoms with van der Waals surface area (Å²) in [7, 11) is 0. The molecular formula is C25H25FN6O4. The number of hydrogen-bond acceptors (Lipinski definition) is 7. The molecule has 11 heteroatoms. The lowest BCUT2D eigenvalue weighted by Gasteiger charge is -2.37. The highest BCUT2D eigenvalue weighted by molar-refractivity contribution is 5.95. The van der Waals surface area contributed by atoms with Gasteiger partial charge in [0.25, 0.3) is 17.4 Å². The predicted molar refractivity (Wildman–Crippen MR) is 126 cm³/mol. The van der Waals surface area contributed by atoms with Crippen molar-refractivity contribution in [1.82, 2.24) is 30.4 Å². The summed E-state index contributed by atoms with van der Waals surface area (Å²) in [5.41, 5.74) is -0.934. The average molecular weight is 493 g/mol. The molecule has 1 saturated carbocycles. The largest absolute Gasteiger partial charge is 0.501 e. The Hall–Kier alpha value is -4.15. The minimum Gasteiger partial charge on any atom is -0.501 e. The normalized spacial score (nSPS) is 20.3. The maximum absolute atomic E-state index is 13.6. The number of fused-ring (bicyclic) bond motifs is 2. The van der Waals surface area contributed by atoms with Crippen LogP contribution in [-0.2, 0) is 18.6 Å². The van der Waals surface area contributed by atoms with E-state index in [1.165, 1.54) is 29.0 Å². The summed E-state index contributed by atoms with van der Waals surface area (Å²) in [5.74, 6) is -1.88. The van der Waals surface area contributed by atoms with E-state index in [0.717, 1.165) is 12.8 Å². The summed E-state index contributed by atoms with van der Waals surface area (Å²) in [5, 5.41) is 23.9. The van der Waals surface area contributed by atoms with E-state index in [1.54, 1.807) is 19.1 Å². The Morgan fingerprint density at radius 2 is 2.00 bits per heavy atom. The zero-order chi connectivity index (χ0) is 25.4. The fraction of sp³-hybridized carbons (Fsp3) is 0.360. The van der Waals surface area contributed by atoms with Crippen LogP contribution in [0.3, 0.4) is 0 Å². The molecule has 3 N–H and O–H groups in total. The molecule has 0 spiro atoms. The average Bonchev–Trinajstić information content (AvgIpc) is 3.13. The van der Waals surface area contributed by atoms with Crippen molar-refractivity contribution in [2.24, 2.45) is 5.92 Å². The van der Waals surface area contributed by atoms with E-state index in [2.05, 4.69) is 25.8 Å². The molecule has 1 aliphatic carbocycles. The van der Waals surface area contributed by atoms with Gasteiger partial charge in [0.2, 0.25) is 5.75 Å². The second-order valence-electron chi connectivity index (χ2n) is 9.40. The number of nitrogens with zero attached hydrogens (tertiary/aromatic N) is 4. The lowest BCUT2D eigenvalue weighted by Crippen LogP contribution is -2.50. The molecule has 4 heterocycles. The van der Waals surface area contributed by atoms with Crippen molar-refractivity contribution >= 4 is 11.8 Å². The SMILES string of the molecule is Cc1cc(CNC(=O)c2nc3n(c(=O)c2O)CC2CCC3(NC(=O)c3cccnn3)CC2)ccc1F. The van der Waals surface area contributed by atoms with E-state index in [0.29, 0.717) is 30.5 Å². The first-order chi connectivity index (χ1) is 17.3. The molecule has 6 rings (SSSR count). The monoisotopic (exact) mass is 492 g/mol. The Kier molecular flexibility index (Phi) is 5.99. The standard InChI is InChI=1S/C25H25FN6O4/c1-14-11-16(4-5-17(14)26)12-27-22(35)19-20(33)23(36)32-13-15-6-8-25(9-7-15,24(32)29-19)30-21(34)18-3-2-10-28-31-18/h2-5,10-11,15,33H,6-9,12-13H2,1H3,(H,27,35)(H,30,34). The van der Waals surface area contributed by atoms with Crippen molar-refractivity contribution in [3.8, 4) is 5.75 Å². The van der Waals surface area contributed by atoms with Gasteiger partial charge < -0.3 is 15.7 Å². The fourth-order valence-electron chi connectivity index (χ4n) is 5.04. The van der Waals surface area contributed by atoms with Crippen LogP contribution in [0.25, 0.3) is 0 Å². The summed E-state index contributed by atoms with van der Waals surface area (Å²) >= 11 is 0. The molecule has 0 unspecified atom stereocenters. The van der Waals surface area contributed by atoms with Crippen molar-refractivity contribution in [3.63, 3.8) is 0 Å². The quantitative estimate of drug-likeness (QED) is 0.495. The van der Waals surface area contributed by atoms with Gasteiger partial charge in [0, 0.05) is 19.3 Å². The van der Waals surface area contributed by atoms with Gasteiger partial charge in [-0.3, -0.25) is 19.0 Å². The number of hydrogen-bond donors (Lipinski definition) is 3. The number of amides is 2. The van der Waals surface area contributed by atoms with Gasteiger partial charge >= 0.3 is 0 Å². The van der Waals surface area contributed by atoms with Crippen molar-refractivity contribution in [1.29, 1.82) is 0 Å². The van der Waals surface area contributed by atoms with Crippen LogP contribution in [0.4, 0.5) is 4.39 Å². The third-order valence-corrected chi connectivity index (χ3v) is 7.02. The number of carbonyl (C=O) groups is 2. The van der Waals surface area contributed by atoms with E-state index in [-0.39, 0.29) is 29.8 Å². The van der Waals surface area contributed by atoms with Gasteiger partial charge in [-0.25, -0.2) is 9.37 Å². The van der Waals surface area contributed by atoms with Gasteiger partial charge in [-0.05, 0) is 67.9 Å². The highest BCUT2D eigenvalue weighted by atomic mass is 19.1. The van der Waals surface area contributed by atoms with E-state index in [4.69, 9.17) is 0 Å². The smallest absolute Gasteiger partial charge is 0.296 e. The number of carbonyl (C=O) groups excluding carboxylic acids is 2. The Balaban J connectivity index is 1.49. The number of benzene rings is 1. The zero-order valence-corrected chi connectivity index (χ0v) is 19.6. The summed E-state index contributed by atoms with van der Waals surface area (Å²) in [6, 6.07) is 7.58. The van der Waals surface area contributed by atoms with Crippen LogP contribution in [0.5, 0.6) is 5.75 Å². The fourth-order valence-corrected chi connectivity index (χ4v) is 5.04. The Bertz CT molecular complexity index is 1400. The van der Waals surface area contributed by atoms with Gasteiger partial charge in [0.05, 0.1) is 5.54 Å². The van der Waals surface area contributed by atoms with Gasteiger partial charge in [0.1, 0.15) is 11.6 Å². The summed E-state index contributed by atoms with van der Waals surface area (Å²) in [6.45, 7) is 2.01. The van der Waals surface area contributed by atoms with Crippen molar-refractivity contribution in [2.75, 3.05) is 0 Å². The molecule has 0 radical (unpaired) electrons. The Morgan fingerprint density at radius 1 is 1.22 bits per heavy atom. The molecule has 2 amide bonds. The van der Waals surface area contributed by atoms with Crippen LogP contribution >= 0.6 is 0 Å². The first-order valence-corrected chi connectivity index (χ1v) is 11.7. The molecule has 2 bridgehead atoms. The molecule has 1 fully saturated rings. The summed E-state index contributed by atoms with van der Waals surface area (Å²) < 4.78 is 14.9. The molecule has 0 saturated heterocycles. The van der Waals surface area contributed by atoms with Crippen LogP contribution in [0.1, 0.15) is 63.6 Å². The van der Waals surface area contributed by atoms with Gasteiger partial charge in [-0.2, -0.15) is 5.10 Å². The van der Waals surface area contributed by atoms with E-state index in [9.17, 15) is 23.9 Å². The Labute approximate surface area is 205 Å². The molecule has 2 aromatic heterocycles. The molecule has 1 aromatic carbocycles. The van der Waals surface area contributed by atoms with Crippen LogP contribution in [0.15, 0.2) is 41.3 Å². The molecule has 2 aliphatic heterocycles. The van der Waals surface area contributed by atoms with Gasteiger partial charge in [-0.1, -0.05) is 12.1 Å². The molecule has 3 aromatic rings. The summed E-state index contributed by atoms with van der Waals surface area (Å²) in [4.78, 5) is 43.7. The highest BCUT2D eigenvalue weighted by Crippen LogP contribution is 2.43. The topological polar surface area (TPSA) is 139 Å². The minimum atomic E-state index is -1.00. The number of aromatic hydroxyl groups is 1. The summed E-state index contributed by atoms with van der Waals surface area (Å²) in [6.07, 6.45) is 4.00. The number of nitrogens with one attached hydrogen (secondary N) is 2. The van der Waals surface area contributed by atoms with Crippen molar-refractivity contribution < 1.29 is 19.1 Å². The molecular weight excluding hydrogens is 467 g/mol. The third-order valence-electron chi connectivity index (χ3n) is 7.02. The van der Waals surface area contributed by atoms with E-state index >= 15 is 0 Å². The second-order valence-corrected chi connectivity index (χ2v) is 9.40. The van der Waals surface area contributed by atoms with Gasteiger partial charge in [-0.15, -0.1) is 5.10 Å². The molecule has 186 valence electrons. The first-order valence-electron chi connectivity index (χ1n) is 11.7.